The van der Waals surface area contributed by atoms with Gasteiger partial charge < -0.3 is 14.9 Å². The largest absolute Gasteiger partial charge is 0.508 e. The van der Waals surface area contributed by atoms with Crippen LogP contribution in [0.4, 0.5) is 0 Å². The summed E-state index contributed by atoms with van der Waals surface area (Å²) in [4.78, 5) is 11.7. The first-order valence-corrected chi connectivity index (χ1v) is 7.69. The monoisotopic (exact) mass is 352 g/mol. The van der Waals surface area contributed by atoms with Crippen molar-refractivity contribution < 1.29 is 19.7 Å². The molecule has 0 saturated carbocycles. The lowest BCUT2D eigenvalue weighted by Gasteiger charge is -2.02. The summed E-state index contributed by atoms with van der Waals surface area (Å²) in [5, 5.41) is 29.4. The Morgan fingerprint density at radius 2 is 2.00 bits per heavy atom. The molecule has 4 N–H and O–H groups in total. The van der Waals surface area contributed by atoms with Crippen molar-refractivity contribution in [3.8, 4) is 28.6 Å². The first kappa shape index (κ1) is 17.0. The highest BCUT2D eigenvalue weighted by molar-refractivity contribution is 5.85. The van der Waals surface area contributed by atoms with Gasteiger partial charge in [0.25, 0.3) is 5.91 Å². The summed E-state index contributed by atoms with van der Waals surface area (Å²) < 4.78 is 5.30. The number of H-pyrrole nitrogens is 1. The van der Waals surface area contributed by atoms with Gasteiger partial charge in [-0.05, 0) is 17.7 Å². The number of hydrogen-bond donors (Lipinski definition) is 4. The van der Waals surface area contributed by atoms with Crippen LogP contribution < -0.4 is 10.2 Å². The van der Waals surface area contributed by atoms with Crippen LogP contribution in [-0.4, -0.2) is 39.1 Å². The molecule has 0 fully saturated rings. The fourth-order valence-electron chi connectivity index (χ4n) is 2.13. The molecule has 0 radical (unpaired) electrons. The van der Waals surface area contributed by atoms with E-state index in [1.807, 2.05) is 30.3 Å². The number of benzene rings is 2. The summed E-state index contributed by atoms with van der Waals surface area (Å²) in [5.41, 5.74) is 4.36. The Bertz CT molecular complexity index is 922. The van der Waals surface area contributed by atoms with Gasteiger partial charge in [-0.2, -0.15) is 5.10 Å². The topological polar surface area (TPSA) is 120 Å². The summed E-state index contributed by atoms with van der Waals surface area (Å²) >= 11 is 0. The highest BCUT2D eigenvalue weighted by Crippen LogP contribution is 2.21. The number of nitrogens with zero attached hydrogens (tertiary/aromatic N) is 2. The number of hydrazone groups is 1. The minimum Gasteiger partial charge on any atom is -0.508 e. The van der Waals surface area contributed by atoms with Crippen molar-refractivity contribution in [2.75, 3.05) is 6.61 Å². The Kier molecular flexibility index (Phi) is 5.14. The van der Waals surface area contributed by atoms with Crippen LogP contribution in [0, 0.1) is 0 Å². The number of carbonyl (C=O) groups excluding carboxylic acids is 1. The number of phenols is 2. The van der Waals surface area contributed by atoms with Gasteiger partial charge in [0.2, 0.25) is 5.88 Å². The van der Waals surface area contributed by atoms with Crippen LogP contribution in [0.3, 0.4) is 0 Å². The third-order valence-electron chi connectivity index (χ3n) is 3.40. The highest BCUT2D eigenvalue weighted by atomic mass is 16.5. The van der Waals surface area contributed by atoms with Crippen LogP contribution in [0.25, 0.3) is 11.3 Å². The lowest BCUT2D eigenvalue weighted by atomic mass is 10.2. The van der Waals surface area contributed by atoms with E-state index in [1.54, 1.807) is 6.07 Å². The van der Waals surface area contributed by atoms with Gasteiger partial charge in [-0.25, -0.2) is 5.43 Å². The van der Waals surface area contributed by atoms with E-state index in [9.17, 15) is 15.0 Å². The van der Waals surface area contributed by atoms with Gasteiger partial charge in [-0.15, -0.1) is 5.10 Å². The SMILES string of the molecule is O=C(COc1cc(-c2ccccc2)[nH]n1)N/N=C/c1ccc(O)cc1O. The molecule has 3 aromatic rings. The first-order valence-electron chi connectivity index (χ1n) is 7.69. The van der Waals surface area contributed by atoms with E-state index in [-0.39, 0.29) is 18.1 Å². The van der Waals surface area contributed by atoms with Gasteiger partial charge in [0, 0.05) is 17.7 Å². The number of hydrogen-bond acceptors (Lipinski definition) is 6. The van der Waals surface area contributed by atoms with Gasteiger partial charge in [0.05, 0.1) is 11.9 Å². The molecule has 0 atom stereocenters. The Morgan fingerprint density at radius 3 is 2.77 bits per heavy atom. The molecule has 1 aromatic heterocycles. The van der Waals surface area contributed by atoms with E-state index in [4.69, 9.17) is 4.74 Å². The summed E-state index contributed by atoms with van der Waals surface area (Å²) in [6, 6.07) is 15.3. The van der Waals surface area contributed by atoms with Crippen LogP contribution in [0.15, 0.2) is 59.7 Å². The normalized spacial score (nSPS) is 10.8. The lowest BCUT2D eigenvalue weighted by molar-refractivity contribution is -0.123. The minimum atomic E-state index is -0.483. The molecule has 1 heterocycles. The van der Waals surface area contributed by atoms with Crippen LogP contribution in [0.2, 0.25) is 0 Å². The number of aromatic hydroxyl groups is 2. The molecule has 0 spiro atoms. The third-order valence-corrected chi connectivity index (χ3v) is 3.40. The number of carbonyl (C=O) groups is 1. The van der Waals surface area contributed by atoms with Crippen molar-refractivity contribution in [3.63, 3.8) is 0 Å². The maximum atomic E-state index is 11.7. The molecule has 26 heavy (non-hydrogen) atoms. The summed E-state index contributed by atoms with van der Waals surface area (Å²) in [5.74, 6) is -0.405. The Labute approximate surface area is 148 Å². The second kappa shape index (κ2) is 7.84. The van der Waals surface area contributed by atoms with Crippen LogP contribution in [-0.2, 0) is 4.79 Å². The maximum Gasteiger partial charge on any atom is 0.278 e. The number of aromatic nitrogens is 2. The predicted molar refractivity (Wildman–Crippen MR) is 95.0 cm³/mol. The molecule has 132 valence electrons. The van der Waals surface area contributed by atoms with Crippen LogP contribution >= 0.6 is 0 Å². The summed E-state index contributed by atoms with van der Waals surface area (Å²) in [6.45, 7) is -0.266. The van der Waals surface area contributed by atoms with Crippen molar-refractivity contribution >= 4 is 12.1 Å². The molecule has 0 aliphatic carbocycles. The molecule has 1 amide bonds. The average molecular weight is 352 g/mol. The van der Waals surface area contributed by atoms with E-state index in [0.717, 1.165) is 11.3 Å². The van der Waals surface area contributed by atoms with Crippen LogP contribution in [0.5, 0.6) is 17.4 Å². The standard InChI is InChI=1S/C18H16N4O4/c23-14-7-6-13(16(24)8-14)10-19-21-17(25)11-26-18-9-15(20-22-18)12-4-2-1-3-5-12/h1-10,23-24H,11H2,(H,20,22)(H,21,25)/b19-10+. The molecule has 2 aromatic carbocycles. The molecule has 8 nitrogen and oxygen atoms in total. The molecule has 0 aliphatic heterocycles. The van der Waals surface area contributed by atoms with E-state index in [2.05, 4.69) is 20.7 Å². The Balaban J connectivity index is 1.50. The van der Waals surface area contributed by atoms with Crippen molar-refractivity contribution in [2.45, 2.75) is 0 Å². The number of nitrogens with one attached hydrogen (secondary N) is 2. The van der Waals surface area contributed by atoms with Crippen molar-refractivity contribution in [3.05, 3.63) is 60.2 Å². The van der Waals surface area contributed by atoms with Gasteiger partial charge in [-0.3, -0.25) is 9.89 Å². The van der Waals surface area contributed by atoms with Gasteiger partial charge in [-0.1, -0.05) is 30.3 Å². The van der Waals surface area contributed by atoms with Crippen LogP contribution in [0.1, 0.15) is 5.56 Å². The first-order chi connectivity index (χ1) is 12.6. The number of amides is 1. The van der Waals surface area contributed by atoms with Crippen molar-refractivity contribution in [2.24, 2.45) is 5.10 Å². The van der Waals surface area contributed by atoms with Crippen molar-refractivity contribution in [1.29, 1.82) is 0 Å². The molecular weight excluding hydrogens is 336 g/mol. The van der Waals surface area contributed by atoms with E-state index < -0.39 is 5.91 Å². The molecular formula is C18H16N4O4. The third kappa shape index (κ3) is 4.38. The molecule has 0 unspecified atom stereocenters. The Morgan fingerprint density at radius 1 is 1.19 bits per heavy atom. The fraction of sp³-hybridized carbons (Fsp3) is 0.0556. The number of rotatable bonds is 6. The molecule has 0 saturated heterocycles. The second-order valence-electron chi connectivity index (χ2n) is 5.31. The molecule has 0 bridgehead atoms. The van der Waals surface area contributed by atoms with E-state index in [0.29, 0.717) is 11.4 Å². The van der Waals surface area contributed by atoms with Gasteiger partial charge >= 0.3 is 0 Å². The highest BCUT2D eigenvalue weighted by Gasteiger charge is 2.07. The summed E-state index contributed by atoms with van der Waals surface area (Å²) in [7, 11) is 0. The van der Waals surface area contributed by atoms with Gasteiger partial charge in [0.1, 0.15) is 11.5 Å². The summed E-state index contributed by atoms with van der Waals surface area (Å²) in [6.07, 6.45) is 1.26. The zero-order chi connectivity index (χ0) is 18.4. The Hall–Kier alpha value is -3.81. The number of aromatic amines is 1. The number of ether oxygens (including phenoxy) is 1. The fourth-order valence-corrected chi connectivity index (χ4v) is 2.13. The van der Waals surface area contributed by atoms with E-state index in [1.165, 1.54) is 24.4 Å². The number of phenolic OH excluding ortho intramolecular Hbond substituents is 2. The predicted octanol–water partition coefficient (Wildman–Crippen LogP) is 2.02. The van der Waals surface area contributed by atoms with E-state index >= 15 is 0 Å². The zero-order valence-electron chi connectivity index (χ0n) is 13.6. The maximum absolute atomic E-state index is 11.7. The average Bonchev–Trinajstić information content (AvgIpc) is 3.12. The quantitative estimate of drug-likeness (QED) is 0.400. The van der Waals surface area contributed by atoms with Crippen molar-refractivity contribution in [1.82, 2.24) is 15.6 Å². The van der Waals surface area contributed by atoms with Gasteiger partial charge in [0.15, 0.2) is 6.61 Å². The molecule has 8 heteroatoms. The second-order valence-corrected chi connectivity index (χ2v) is 5.31. The molecule has 3 rings (SSSR count). The zero-order valence-corrected chi connectivity index (χ0v) is 13.6. The smallest absolute Gasteiger partial charge is 0.278 e. The lowest BCUT2D eigenvalue weighted by Crippen LogP contribution is -2.24. The minimum absolute atomic E-state index is 0.0639. The molecule has 0 aliphatic rings.